The number of ether oxygens (including phenoxy) is 1. The van der Waals surface area contributed by atoms with Crippen molar-refractivity contribution in [1.29, 1.82) is 0 Å². The van der Waals surface area contributed by atoms with Gasteiger partial charge in [0.05, 0.1) is 12.8 Å². The molecule has 2 rings (SSSR count). The molecule has 76 valence electrons. The lowest BCUT2D eigenvalue weighted by Gasteiger charge is -2.20. The smallest absolute Gasteiger partial charge is 0.142 e. The van der Waals surface area contributed by atoms with Gasteiger partial charge >= 0.3 is 0 Å². The molecule has 0 saturated heterocycles. The molecule has 1 aliphatic carbocycles. The van der Waals surface area contributed by atoms with Gasteiger partial charge in [-0.05, 0) is 25.7 Å². The summed E-state index contributed by atoms with van der Waals surface area (Å²) in [6, 6.07) is 1.71. The van der Waals surface area contributed by atoms with E-state index in [-0.39, 0.29) is 5.75 Å². The number of rotatable bonds is 1. The third kappa shape index (κ3) is 1.29. The molecule has 0 heterocycles. The number of aromatic hydroxyl groups is 1. The molecule has 0 amide bonds. The van der Waals surface area contributed by atoms with Gasteiger partial charge in [-0.1, -0.05) is 0 Å². The molecule has 0 fully saturated rings. The zero-order valence-corrected chi connectivity index (χ0v) is 8.34. The van der Waals surface area contributed by atoms with Crippen molar-refractivity contribution in [3.63, 3.8) is 0 Å². The van der Waals surface area contributed by atoms with E-state index in [1.807, 2.05) is 0 Å². The number of methoxy groups -OCH3 is 1. The maximum absolute atomic E-state index is 9.78. The van der Waals surface area contributed by atoms with E-state index in [9.17, 15) is 5.11 Å². The number of phenolic OH excluding ortho intramolecular Hbond substituents is 1. The van der Waals surface area contributed by atoms with Gasteiger partial charge in [-0.15, -0.1) is 0 Å². The molecule has 3 N–H and O–H groups in total. The standard InChI is InChI=1S/C11H15NO2/c1-14-10-6-9(12)11(13)8-5-3-2-4-7(8)10/h6,13H,2-5,12H2,1H3. The number of nitrogen functional groups attached to an aromatic ring is 1. The van der Waals surface area contributed by atoms with Crippen LogP contribution in [0.2, 0.25) is 0 Å². The SMILES string of the molecule is COc1cc(N)c(O)c2c1CCCC2. The normalized spacial score (nSPS) is 14.9. The Morgan fingerprint density at radius 1 is 1.29 bits per heavy atom. The summed E-state index contributed by atoms with van der Waals surface area (Å²) < 4.78 is 5.26. The van der Waals surface area contributed by atoms with Gasteiger partial charge in [0.25, 0.3) is 0 Å². The minimum Gasteiger partial charge on any atom is -0.505 e. The summed E-state index contributed by atoms with van der Waals surface area (Å²) in [5.74, 6) is 1.07. The fourth-order valence-electron chi connectivity index (χ4n) is 2.09. The Bertz CT molecular complexity index is 361. The van der Waals surface area contributed by atoms with Crippen LogP contribution in [0, 0.1) is 0 Å². The van der Waals surface area contributed by atoms with Crippen LogP contribution in [0.4, 0.5) is 5.69 Å². The number of nitrogens with two attached hydrogens (primary N) is 1. The van der Waals surface area contributed by atoms with Crippen molar-refractivity contribution in [1.82, 2.24) is 0 Å². The highest BCUT2D eigenvalue weighted by molar-refractivity contribution is 5.64. The Kier molecular flexibility index (Phi) is 2.23. The summed E-state index contributed by atoms with van der Waals surface area (Å²) in [6.07, 6.45) is 4.16. The van der Waals surface area contributed by atoms with E-state index in [2.05, 4.69) is 0 Å². The molecule has 3 nitrogen and oxygen atoms in total. The topological polar surface area (TPSA) is 55.5 Å². The van der Waals surface area contributed by atoms with E-state index in [4.69, 9.17) is 10.5 Å². The molecule has 1 aliphatic rings. The van der Waals surface area contributed by atoms with Gasteiger partial charge in [0.1, 0.15) is 11.5 Å². The van der Waals surface area contributed by atoms with Crippen LogP contribution in [0.3, 0.4) is 0 Å². The summed E-state index contributed by atoms with van der Waals surface area (Å²) in [5.41, 5.74) is 8.22. The largest absolute Gasteiger partial charge is 0.505 e. The van der Waals surface area contributed by atoms with Gasteiger partial charge in [0, 0.05) is 17.2 Å². The number of benzene rings is 1. The Balaban J connectivity index is 2.60. The van der Waals surface area contributed by atoms with Crippen molar-refractivity contribution in [3.05, 3.63) is 17.2 Å². The lowest BCUT2D eigenvalue weighted by atomic mass is 9.89. The van der Waals surface area contributed by atoms with E-state index >= 15 is 0 Å². The van der Waals surface area contributed by atoms with Crippen molar-refractivity contribution < 1.29 is 9.84 Å². The molecule has 1 aromatic carbocycles. The molecule has 3 heteroatoms. The monoisotopic (exact) mass is 193 g/mol. The highest BCUT2D eigenvalue weighted by Crippen LogP contribution is 2.39. The van der Waals surface area contributed by atoms with Gasteiger partial charge in [0.15, 0.2) is 0 Å². The predicted octanol–water partition coefficient (Wildman–Crippen LogP) is 1.86. The molecule has 0 aromatic heterocycles. The first-order valence-corrected chi connectivity index (χ1v) is 4.91. The molecule has 1 aromatic rings. The summed E-state index contributed by atoms with van der Waals surface area (Å²) >= 11 is 0. The molecular weight excluding hydrogens is 178 g/mol. The minimum absolute atomic E-state index is 0.250. The minimum atomic E-state index is 0.250. The first-order valence-electron chi connectivity index (χ1n) is 4.91. The summed E-state index contributed by atoms with van der Waals surface area (Å²) in [5, 5.41) is 9.78. The molecule has 0 unspecified atom stereocenters. The number of phenols is 1. The van der Waals surface area contributed by atoms with Gasteiger partial charge in [-0.3, -0.25) is 0 Å². The predicted molar refractivity (Wildman–Crippen MR) is 55.7 cm³/mol. The zero-order valence-electron chi connectivity index (χ0n) is 8.34. The average Bonchev–Trinajstić information content (AvgIpc) is 2.23. The van der Waals surface area contributed by atoms with E-state index in [0.29, 0.717) is 5.69 Å². The maximum Gasteiger partial charge on any atom is 0.142 e. The third-order valence-electron chi connectivity index (χ3n) is 2.83. The van der Waals surface area contributed by atoms with Crippen LogP contribution in [0.1, 0.15) is 24.0 Å². The van der Waals surface area contributed by atoms with Crippen molar-refractivity contribution in [2.45, 2.75) is 25.7 Å². The molecule has 0 bridgehead atoms. The summed E-state index contributed by atoms with van der Waals surface area (Å²) in [4.78, 5) is 0. The number of fused-ring (bicyclic) bond motifs is 1. The number of anilines is 1. The Labute approximate surface area is 83.5 Å². The number of hydrogen-bond donors (Lipinski definition) is 2. The average molecular weight is 193 g/mol. The van der Waals surface area contributed by atoms with Crippen molar-refractivity contribution in [3.8, 4) is 11.5 Å². The van der Waals surface area contributed by atoms with E-state index < -0.39 is 0 Å². The Morgan fingerprint density at radius 2 is 1.93 bits per heavy atom. The second-order valence-corrected chi connectivity index (χ2v) is 3.68. The second-order valence-electron chi connectivity index (χ2n) is 3.68. The van der Waals surface area contributed by atoms with Crippen molar-refractivity contribution in [2.75, 3.05) is 12.8 Å². The van der Waals surface area contributed by atoms with Crippen molar-refractivity contribution in [2.24, 2.45) is 0 Å². The lowest BCUT2D eigenvalue weighted by Crippen LogP contribution is -2.06. The van der Waals surface area contributed by atoms with Gasteiger partial charge < -0.3 is 15.6 Å². The van der Waals surface area contributed by atoms with Crippen LogP contribution in [-0.4, -0.2) is 12.2 Å². The fourth-order valence-corrected chi connectivity index (χ4v) is 2.09. The molecule has 0 spiro atoms. The highest BCUT2D eigenvalue weighted by atomic mass is 16.5. The highest BCUT2D eigenvalue weighted by Gasteiger charge is 2.19. The van der Waals surface area contributed by atoms with Gasteiger partial charge in [0.2, 0.25) is 0 Å². The van der Waals surface area contributed by atoms with Crippen LogP contribution in [0.5, 0.6) is 11.5 Å². The number of hydrogen-bond acceptors (Lipinski definition) is 3. The van der Waals surface area contributed by atoms with Crippen LogP contribution in [0.25, 0.3) is 0 Å². The first kappa shape index (κ1) is 9.19. The van der Waals surface area contributed by atoms with E-state index in [1.165, 1.54) is 0 Å². The summed E-state index contributed by atoms with van der Waals surface area (Å²) in [6.45, 7) is 0. The van der Waals surface area contributed by atoms with Gasteiger partial charge in [-0.2, -0.15) is 0 Å². The first-order chi connectivity index (χ1) is 6.74. The molecule has 14 heavy (non-hydrogen) atoms. The lowest BCUT2D eigenvalue weighted by molar-refractivity contribution is 0.401. The van der Waals surface area contributed by atoms with E-state index in [0.717, 1.165) is 42.6 Å². The molecule has 0 saturated carbocycles. The van der Waals surface area contributed by atoms with Crippen LogP contribution < -0.4 is 10.5 Å². The molecular formula is C11H15NO2. The van der Waals surface area contributed by atoms with Crippen LogP contribution >= 0.6 is 0 Å². The molecule has 0 radical (unpaired) electrons. The van der Waals surface area contributed by atoms with Crippen LogP contribution in [-0.2, 0) is 12.8 Å². The van der Waals surface area contributed by atoms with Gasteiger partial charge in [-0.25, -0.2) is 0 Å². The van der Waals surface area contributed by atoms with Crippen molar-refractivity contribution >= 4 is 5.69 Å². The maximum atomic E-state index is 9.78. The molecule has 0 aliphatic heterocycles. The second kappa shape index (κ2) is 3.40. The summed E-state index contributed by atoms with van der Waals surface area (Å²) in [7, 11) is 1.64. The zero-order chi connectivity index (χ0) is 10.1. The quantitative estimate of drug-likeness (QED) is 0.528. The Hall–Kier alpha value is -1.38. The third-order valence-corrected chi connectivity index (χ3v) is 2.83. The van der Waals surface area contributed by atoms with Crippen LogP contribution in [0.15, 0.2) is 6.07 Å². The molecule has 0 atom stereocenters. The Morgan fingerprint density at radius 3 is 2.57 bits per heavy atom. The van der Waals surface area contributed by atoms with E-state index in [1.54, 1.807) is 13.2 Å². The fraction of sp³-hybridized carbons (Fsp3) is 0.455.